The molecule has 3 rings (SSSR count). The van der Waals surface area contributed by atoms with E-state index in [1.165, 1.54) is 6.92 Å². The van der Waals surface area contributed by atoms with Crippen LogP contribution in [0.3, 0.4) is 0 Å². The Balaban J connectivity index is 1.81. The minimum Gasteiger partial charge on any atom is -0.474 e. The molecule has 1 atom stereocenters. The number of anilines is 1. The number of hydrogen-bond donors (Lipinski definition) is 0. The molecule has 2 aromatic rings. The van der Waals surface area contributed by atoms with Crippen molar-refractivity contribution in [2.24, 2.45) is 0 Å². The molecular formula is C17H15FN2O4. The summed E-state index contributed by atoms with van der Waals surface area (Å²) in [5.74, 6) is -1.24. The molecule has 1 aliphatic rings. The molecule has 1 heterocycles. The number of nitro benzene ring substituents is 1. The molecule has 0 aromatic heterocycles. The number of amides is 1. The smallest absolute Gasteiger partial charge is 0.311 e. The predicted molar refractivity (Wildman–Crippen MR) is 85.6 cm³/mol. The molecule has 24 heavy (non-hydrogen) atoms. The van der Waals surface area contributed by atoms with Crippen molar-refractivity contribution in [3.8, 4) is 5.75 Å². The number of nitrogens with zero attached hydrogens (tertiary/aromatic N) is 2. The highest BCUT2D eigenvalue weighted by molar-refractivity contribution is 5.98. The molecule has 0 N–H and O–H groups in total. The highest BCUT2D eigenvalue weighted by Gasteiger charge is 2.30. The Labute approximate surface area is 137 Å². The summed E-state index contributed by atoms with van der Waals surface area (Å²) >= 11 is 0. The van der Waals surface area contributed by atoms with Crippen LogP contribution in [0.15, 0.2) is 42.5 Å². The summed E-state index contributed by atoms with van der Waals surface area (Å²) in [4.78, 5) is 24.5. The molecule has 1 amide bonds. The first kappa shape index (κ1) is 15.9. The minimum atomic E-state index is -0.975. The van der Waals surface area contributed by atoms with Crippen LogP contribution in [0.4, 0.5) is 15.8 Å². The molecular weight excluding hydrogens is 315 g/mol. The Bertz CT molecular complexity index is 809. The second-order valence-electron chi connectivity index (χ2n) is 5.50. The molecule has 0 bridgehead atoms. The van der Waals surface area contributed by atoms with E-state index in [9.17, 15) is 19.3 Å². The van der Waals surface area contributed by atoms with Crippen LogP contribution >= 0.6 is 0 Å². The van der Waals surface area contributed by atoms with Gasteiger partial charge in [0.15, 0.2) is 6.10 Å². The van der Waals surface area contributed by atoms with Crippen LogP contribution < -0.4 is 9.64 Å². The number of fused-ring (bicyclic) bond motifs is 1. The van der Waals surface area contributed by atoms with Crippen LogP contribution in [-0.2, 0) is 11.2 Å². The van der Waals surface area contributed by atoms with Gasteiger partial charge in [0, 0.05) is 24.4 Å². The standard InChI is InChI=1S/C17H15FN2O4/c1-11(24-16-10-13(18)6-7-15(16)20(22)23)17(21)19-9-8-12-4-2-3-5-14(12)19/h2-7,10-11H,8-9H2,1H3. The molecule has 2 aromatic carbocycles. The van der Waals surface area contributed by atoms with Crippen LogP contribution in [0, 0.1) is 15.9 Å². The van der Waals surface area contributed by atoms with Crippen molar-refractivity contribution >= 4 is 17.3 Å². The quantitative estimate of drug-likeness (QED) is 0.638. The summed E-state index contributed by atoms with van der Waals surface area (Å²) < 4.78 is 18.8. The van der Waals surface area contributed by atoms with E-state index < -0.39 is 16.8 Å². The molecule has 0 saturated carbocycles. The first-order valence-electron chi connectivity index (χ1n) is 7.47. The van der Waals surface area contributed by atoms with E-state index >= 15 is 0 Å². The van der Waals surface area contributed by atoms with Gasteiger partial charge in [-0.2, -0.15) is 0 Å². The molecule has 0 saturated heterocycles. The number of para-hydroxylation sites is 1. The second-order valence-corrected chi connectivity index (χ2v) is 5.50. The van der Waals surface area contributed by atoms with Crippen LogP contribution in [0.2, 0.25) is 0 Å². The SMILES string of the molecule is CC(Oc1cc(F)ccc1[N+](=O)[O-])C(=O)N1CCc2ccccc21. The number of nitro groups is 1. The lowest BCUT2D eigenvalue weighted by Crippen LogP contribution is -2.39. The topological polar surface area (TPSA) is 72.7 Å². The van der Waals surface area contributed by atoms with Crippen molar-refractivity contribution in [1.82, 2.24) is 0 Å². The summed E-state index contributed by atoms with van der Waals surface area (Å²) in [6.45, 7) is 2.02. The Morgan fingerprint density at radius 2 is 2.08 bits per heavy atom. The highest BCUT2D eigenvalue weighted by atomic mass is 19.1. The fraction of sp³-hybridized carbons (Fsp3) is 0.235. The second kappa shape index (κ2) is 6.27. The van der Waals surface area contributed by atoms with Crippen LogP contribution in [0.1, 0.15) is 12.5 Å². The van der Waals surface area contributed by atoms with E-state index in [0.717, 1.165) is 35.9 Å². The summed E-state index contributed by atoms with van der Waals surface area (Å²) in [6.07, 6.45) is -0.231. The van der Waals surface area contributed by atoms with Crippen molar-refractivity contribution in [1.29, 1.82) is 0 Å². The lowest BCUT2D eigenvalue weighted by atomic mass is 10.2. The third kappa shape index (κ3) is 2.92. The van der Waals surface area contributed by atoms with Crippen LogP contribution in [0.5, 0.6) is 5.75 Å². The van der Waals surface area contributed by atoms with E-state index in [1.807, 2.05) is 24.3 Å². The van der Waals surface area contributed by atoms with Gasteiger partial charge < -0.3 is 9.64 Å². The molecule has 0 spiro atoms. The maximum atomic E-state index is 13.4. The number of rotatable bonds is 4. The van der Waals surface area contributed by atoms with E-state index in [1.54, 1.807) is 4.90 Å². The monoisotopic (exact) mass is 330 g/mol. The minimum absolute atomic E-state index is 0.256. The highest BCUT2D eigenvalue weighted by Crippen LogP contribution is 2.31. The Kier molecular flexibility index (Phi) is 4.16. The van der Waals surface area contributed by atoms with Gasteiger partial charge in [0.05, 0.1) is 4.92 Å². The molecule has 6 nitrogen and oxygen atoms in total. The summed E-state index contributed by atoms with van der Waals surface area (Å²) in [6, 6.07) is 10.5. The van der Waals surface area contributed by atoms with Crippen molar-refractivity contribution in [3.05, 3.63) is 64.0 Å². The van der Waals surface area contributed by atoms with Crippen LogP contribution in [-0.4, -0.2) is 23.5 Å². The first-order valence-corrected chi connectivity index (χ1v) is 7.47. The third-order valence-corrected chi connectivity index (χ3v) is 3.92. The summed E-state index contributed by atoms with van der Waals surface area (Å²) in [5.41, 5.74) is 1.50. The van der Waals surface area contributed by atoms with E-state index in [2.05, 4.69) is 0 Å². The van der Waals surface area contributed by atoms with E-state index in [-0.39, 0.29) is 17.3 Å². The average molecular weight is 330 g/mol. The molecule has 7 heteroatoms. The fourth-order valence-corrected chi connectivity index (χ4v) is 2.76. The lowest BCUT2D eigenvalue weighted by Gasteiger charge is -2.22. The van der Waals surface area contributed by atoms with Gasteiger partial charge in [-0.1, -0.05) is 18.2 Å². The first-order chi connectivity index (χ1) is 11.5. The average Bonchev–Trinajstić information content (AvgIpc) is 2.97. The number of benzene rings is 2. The number of hydrogen-bond acceptors (Lipinski definition) is 4. The Hall–Kier alpha value is -2.96. The summed E-state index contributed by atoms with van der Waals surface area (Å²) in [7, 11) is 0. The van der Waals surface area contributed by atoms with E-state index in [4.69, 9.17) is 4.74 Å². The predicted octanol–water partition coefficient (Wildman–Crippen LogP) is 3.09. The van der Waals surface area contributed by atoms with Gasteiger partial charge in [-0.3, -0.25) is 14.9 Å². The van der Waals surface area contributed by atoms with Gasteiger partial charge in [-0.05, 0) is 31.0 Å². The fourth-order valence-electron chi connectivity index (χ4n) is 2.76. The van der Waals surface area contributed by atoms with Crippen molar-refractivity contribution in [2.75, 3.05) is 11.4 Å². The van der Waals surface area contributed by atoms with Gasteiger partial charge in [0.2, 0.25) is 5.75 Å². The lowest BCUT2D eigenvalue weighted by molar-refractivity contribution is -0.386. The van der Waals surface area contributed by atoms with Crippen molar-refractivity contribution < 1.29 is 18.8 Å². The van der Waals surface area contributed by atoms with E-state index in [0.29, 0.717) is 6.54 Å². The van der Waals surface area contributed by atoms with Crippen molar-refractivity contribution in [3.63, 3.8) is 0 Å². The third-order valence-electron chi connectivity index (χ3n) is 3.92. The van der Waals surface area contributed by atoms with Gasteiger partial charge in [-0.15, -0.1) is 0 Å². The van der Waals surface area contributed by atoms with Gasteiger partial charge in [-0.25, -0.2) is 4.39 Å². The maximum Gasteiger partial charge on any atom is 0.311 e. The van der Waals surface area contributed by atoms with Crippen molar-refractivity contribution in [2.45, 2.75) is 19.4 Å². The zero-order valence-electron chi connectivity index (χ0n) is 12.9. The Morgan fingerprint density at radius 1 is 1.33 bits per heavy atom. The largest absolute Gasteiger partial charge is 0.474 e. The zero-order chi connectivity index (χ0) is 17.3. The van der Waals surface area contributed by atoms with Gasteiger partial charge in [0.25, 0.3) is 5.91 Å². The number of halogens is 1. The summed E-state index contributed by atoms with van der Waals surface area (Å²) in [5, 5.41) is 11.0. The molecule has 1 unspecified atom stereocenters. The normalized spacial score (nSPS) is 14.2. The molecule has 1 aliphatic heterocycles. The Morgan fingerprint density at radius 3 is 2.83 bits per heavy atom. The molecule has 124 valence electrons. The van der Waals surface area contributed by atoms with Crippen LogP contribution in [0.25, 0.3) is 0 Å². The zero-order valence-corrected chi connectivity index (χ0v) is 12.9. The number of ether oxygens (including phenoxy) is 1. The van der Waals surface area contributed by atoms with Gasteiger partial charge >= 0.3 is 5.69 Å². The number of carbonyl (C=O) groups is 1. The maximum absolute atomic E-state index is 13.4. The van der Waals surface area contributed by atoms with Gasteiger partial charge in [0.1, 0.15) is 5.82 Å². The number of carbonyl (C=O) groups excluding carboxylic acids is 1. The molecule has 0 radical (unpaired) electrons. The molecule has 0 fully saturated rings. The molecule has 0 aliphatic carbocycles.